The van der Waals surface area contributed by atoms with Crippen molar-refractivity contribution in [2.45, 2.75) is 63.6 Å². The van der Waals surface area contributed by atoms with Gasteiger partial charge in [0.05, 0.1) is 12.2 Å². The van der Waals surface area contributed by atoms with E-state index in [9.17, 15) is 0 Å². The van der Waals surface area contributed by atoms with Gasteiger partial charge in [-0.1, -0.05) is 13.8 Å². The van der Waals surface area contributed by atoms with Gasteiger partial charge in [-0.2, -0.15) is 0 Å². The van der Waals surface area contributed by atoms with E-state index >= 15 is 0 Å². The highest BCUT2D eigenvalue weighted by Gasteiger charge is 2.43. The average molecular weight is 296 g/mol. The SMILES string of the molecule is CCCNC1CCN(C2CCOC3(CCOC3)C2)CC1C. The first-order chi connectivity index (χ1) is 10.2. The van der Waals surface area contributed by atoms with Crippen LogP contribution < -0.4 is 5.32 Å². The van der Waals surface area contributed by atoms with Crippen molar-refractivity contribution >= 4 is 0 Å². The molecule has 4 nitrogen and oxygen atoms in total. The Morgan fingerprint density at radius 1 is 1.29 bits per heavy atom. The molecule has 21 heavy (non-hydrogen) atoms. The van der Waals surface area contributed by atoms with Crippen molar-refractivity contribution in [3.8, 4) is 0 Å². The number of nitrogens with zero attached hydrogens (tertiary/aromatic N) is 1. The third-order valence-electron chi connectivity index (χ3n) is 5.64. The van der Waals surface area contributed by atoms with Gasteiger partial charge in [0.25, 0.3) is 0 Å². The Morgan fingerprint density at radius 2 is 2.19 bits per heavy atom. The number of rotatable bonds is 4. The molecule has 1 N–H and O–H groups in total. The van der Waals surface area contributed by atoms with E-state index < -0.39 is 0 Å². The van der Waals surface area contributed by atoms with Crippen LogP contribution in [0.5, 0.6) is 0 Å². The summed E-state index contributed by atoms with van der Waals surface area (Å²) in [6.45, 7) is 10.9. The molecule has 0 saturated carbocycles. The molecule has 3 aliphatic heterocycles. The Bertz CT molecular complexity index is 331. The molecule has 0 bridgehead atoms. The van der Waals surface area contributed by atoms with Crippen LogP contribution in [0.2, 0.25) is 0 Å². The molecule has 3 fully saturated rings. The number of ether oxygens (including phenoxy) is 2. The molecular formula is C17H32N2O2. The molecule has 0 amide bonds. The zero-order valence-electron chi connectivity index (χ0n) is 13.8. The minimum Gasteiger partial charge on any atom is -0.378 e. The van der Waals surface area contributed by atoms with Crippen LogP contribution in [0.1, 0.15) is 46.0 Å². The van der Waals surface area contributed by atoms with Crippen molar-refractivity contribution < 1.29 is 9.47 Å². The van der Waals surface area contributed by atoms with E-state index in [0.29, 0.717) is 12.1 Å². The standard InChI is InChI=1S/C17H32N2O2/c1-3-7-18-16-4-8-19(12-14(16)2)15-5-9-21-17(11-15)6-10-20-13-17/h14-16,18H,3-13H2,1-2H3. The predicted molar refractivity (Wildman–Crippen MR) is 84.6 cm³/mol. The van der Waals surface area contributed by atoms with Gasteiger partial charge < -0.3 is 14.8 Å². The maximum Gasteiger partial charge on any atom is 0.0951 e. The van der Waals surface area contributed by atoms with Crippen molar-refractivity contribution in [3.63, 3.8) is 0 Å². The normalized spacial score (nSPS) is 41.7. The molecule has 0 radical (unpaired) electrons. The Balaban J connectivity index is 1.53. The van der Waals surface area contributed by atoms with Gasteiger partial charge in [0.2, 0.25) is 0 Å². The lowest BCUT2D eigenvalue weighted by atomic mass is 9.86. The monoisotopic (exact) mass is 296 g/mol. The molecule has 4 unspecified atom stereocenters. The fourth-order valence-electron chi connectivity index (χ4n) is 4.32. The summed E-state index contributed by atoms with van der Waals surface area (Å²) in [7, 11) is 0. The fourth-order valence-corrected chi connectivity index (χ4v) is 4.32. The second-order valence-corrected chi connectivity index (χ2v) is 7.30. The Labute approximate surface area is 129 Å². The van der Waals surface area contributed by atoms with Crippen LogP contribution in [0.4, 0.5) is 0 Å². The first-order valence-corrected chi connectivity index (χ1v) is 8.91. The van der Waals surface area contributed by atoms with E-state index in [-0.39, 0.29) is 5.60 Å². The first-order valence-electron chi connectivity index (χ1n) is 8.91. The van der Waals surface area contributed by atoms with Crippen LogP contribution in [0.15, 0.2) is 0 Å². The maximum absolute atomic E-state index is 6.08. The molecule has 1 spiro atoms. The van der Waals surface area contributed by atoms with E-state index in [1.165, 1.54) is 38.8 Å². The smallest absolute Gasteiger partial charge is 0.0951 e. The fraction of sp³-hybridized carbons (Fsp3) is 1.00. The van der Waals surface area contributed by atoms with Gasteiger partial charge in [-0.05, 0) is 44.7 Å². The summed E-state index contributed by atoms with van der Waals surface area (Å²) in [5, 5.41) is 3.72. The molecule has 4 atom stereocenters. The molecule has 3 aliphatic rings. The number of piperidine rings is 1. The van der Waals surface area contributed by atoms with E-state index in [2.05, 4.69) is 24.1 Å². The van der Waals surface area contributed by atoms with Crippen LogP contribution in [0.3, 0.4) is 0 Å². The highest BCUT2D eigenvalue weighted by Crippen LogP contribution is 2.36. The zero-order chi connectivity index (χ0) is 14.7. The van der Waals surface area contributed by atoms with E-state index in [1.54, 1.807) is 0 Å². The number of likely N-dealkylation sites (tertiary alicyclic amines) is 1. The lowest BCUT2D eigenvalue weighted by molar-refractivity contribution is -0.110. The van der Waals surface area contributed by atoms with Crippen molar-refractivity contribution in [1.29, 1.82) is 0 Å². The topological polar surface area (TPSA) is 33.7 Å². The highest BCUT2D eigenvalue weighted by molar-refractivity contribution is 4.95. The van der Waals surface area contributed by atoms with Crippen LogP contribution in [-0.2, 0) is 9.47 Å². The van der Waals surface area contributed by atoms with Crippen molar-refractivity contribution in [3.05, 3.63) is 0 Å². The molecular weight excluding hydrogens is 264 g/mol. The van der Waals surface area contributed by atoms with E-state index in [0.717, 1.165) is 38.7 Å². The van der Waals surface area contributed by atoms with Gasteiger partial charge in [-0.25, -0.2) is 0 Å². The van der Waals surface area contributed by atoms with Gasteiger partial charge in [0, 0.05) is 38.3 Å². The van der Waals surface area contributed by atoms with Crippen LogP contribution in [0.25, 0.3) is 0 Å². The predicted octanol–water partition coefficient (Wildman–Crippen LogP) is 2.03. The maximum atomic E-state index is 6.08. The van der Waals surface area contributed by atoms with Crippen LogP contribution in [0, 0.1) is 5.92 Å². The zero-order valence-corrected chi connectivity index (χ0v) is 13.8. The molecule has 4 heteroatoms. The second-order valence-electron chi connectivity index (χ2n) is 7.30. The number of nitrogens with one attached hydrogen (secondary N) is 1. The minimum absolute atomic E-state index is 0.0451. The molecule has 0 aromatic heterocycles. The van der Waals surface area contributed by atoms with Gasteiger partial charge in [0.1, 0.15) is 0 Å². The summed E-state index contributed by atoms with van der Waals surface area (Å²) in [6, 6.07) is 1.42. The highest BCUT2D eigenvalue weighted by atomic mass is 16.6. The lowest BCUT2D eigenvalue weighted by Gasteiger charge is -2.46. The van der Waals surface area contributed by atoms with Gasteiger partial charge in [-0.3, -0.25) is 4.90 Å². The molecule has 0 aromatic carbocycles. The van der Waals surface area contributed by atoms with Crippen molar-refractivity contribution in [2.75, 3.05) is 39.5 Å². The Morgan fingerprint density at radius 3 is 2.90 bits per heavy atom. The quantitative estimate of drug-likeness (QED) is 0.861. The third kappa shape index (κ3) is 3.61. The molecule has 3 saturated heterocycles. The summed E-state index contributed by atoms with van der Waals surface area (Å²) in [4.78, 5) is 2.73. The second kappa shape index (κ2) is 6.95. The van der Waals surface area contributed by atoms with Crippen molar-refractivity contribution in [1.82, 2.24) is 10.2 Å². The number of hydrogen-bond acceptors (Lipinski definition) is 4. The van der Waals surface area contributed by atoms with E-state index in [4.69, 9.17) is 9.47 Å². The van der Waals surface area contributed by atoms with E-state index in [1.807, 2.05) is 0 Å². The Kier molecular flexibility index (Phi) is 5.20. The van der Waals surface area contributed by atoms with Crippen LogP contribution in [-0.4, -0.2) is 62.0 Å². The average Bonchev–Trinajstić information content (AvgIpc) is 2.94. The molecule has 0 aliphatic carbocycles. The summed E-state index contributed by atoms with van der Waals surface area (Å²) in [6.07, 6.45) is 5.99. The van der Waals surface area contributed by atoms with Gasteiger partial charge >= 0.3 is 0 Å². The minimum atomic E-state index is 0.0451. The first kappa shape index (κ1) is 15.7. The van der Waals surface area contributed by atoms with Crippen LogP contribution >= 0.6 is 0 Å². The summed E-state index contributed by atoms with van der Waals surface area (Å²) in [5.74, 6) is 0.754. The summed E-state index contributed by atoms with van der Waals surface area (Å²) >= 11 is 0. The van der Waals surface area contributed by atoms with Gasteiger partial charge in [-0.15, -0.1) is 0 Å². The molecule has 122 valence electrons. The summed E-state index contributed by atoms with van der Waals surface area (Å²) < 4.78 is 11.7. The molecule has 0 aromatic rings. The van der Waals surface area contributed by atoms with Gasteiger partial charge in [0.15, 0.2) is 0 Å². The Hall–Kier alpha value is -0.160. The van der Waals surface area contributed by atoms with Crippen molar-refractivity contribution in [2.24, 2.45) is 5.92 Å². The largest absolute Gasteiger partial charge is 0.378 e. The molecule has 3 heterocycles. The lowest BCUT2D eigenvalue weighted by Crippen LogP contribution is -2.55. The molecule has 3 rings (SSSR count). The summed E-state index contributed by atoms with van der Waals surface area (Å²) in [5.41, 5.74) is 0.0451. The number of hydrogen-bond donors (Lipinski definition) is 1. The third-order valence-corrected chi connectivity index (χ3v) is 5.64.